The van der Waals surface area contributed by atoms with Gasteiger partial charge in [0.25, 0.3) is 17.6 Å². The second-order valence-corrected chi connectivity index (χ2v) is 5.54. The van der Waals surface area contributed by atoms with E-state index in [-0.39, 0.29) is 17.8 Å². The highest BCUT2D eigenvalue weighted by molar-refractivity contribution is 5.91. The maximum atomic E-state index is 11.9. The second-order valence-electron chi connectivity index (χ2n) is 5.54. The molecule has 0 unspecified atom stereocenters. The van der Waals surface area contributed by atoms with E-state index in [0.29, 0.717) is 5.89 Å². The summed E-state index contributed by atoms with van der Waals surface area (Å²) in [4.78, 5) is 16.2. The first kappa shape index (κ1) is 12.5. The Morgan fingerprint density at radius 3 is 3.14 bits per heavy atom. The summed E-state index contributed by atoms with van der Waals surface area (Å²) in [5, 5.41) is 10.0. The minimum atomic E-state index is -0.251. The molecule has 0 bridgehead atoms. The van der Waals surface area contributed by atoms with Crippen LogP contribution in [-0.2, 0) is 13.0 Å². The number of nitrogens with zero attached hydrogens (tertiary/aromatic N) is 2. The number of rotatable bonds is 3. The lowest BCUT2D eigenvalue weighted by atomic mass is 9.95. The molecule has 1 amide bonds. The van der Waals surface area contributed by atoms with Crippen molar-refractivity contribution >= 4 is 5.91 Å². The third kappa shape index (κ3) is 2.42. The molecule has 2 aliphatic rings. The molecule has 21 heavy (non-hydrogen) atoms. The highest BCUT2D eigenvalue weighted by Crippen LogP contribution is 2.27. The molecule has 0 spiro atoms. The summed E-state index contributed by atoms with van der Waals surface area (Å²) in [6, 6.07) is 6.34. The molecule has 2 aromatic rings. The van der Waals surface area contributed by atoms with Gasteiger partial charge in [-0.1, -0.05) is 17.3 Å². The van der Waals surface area contributed by atoms with Crippen LogP contribution in [0.5, 0.6) is 0 Å². The SMILES string of the molecule is O=C(NC1CC1)c1noc(-c2cccc3c2CCNC3)n1. The van der Waals surface area contributed by atoms with Crippen molar-refractivity contribution in [3.05, 3.63) is 35.2 Å². The zero-order valence-electron chi connectivity index (χ0n) is 11.6. The van der Waals surface area contributed by atoms with Crippen LogP contribution in [0.3, 0.4) is 0 Å². The molecule has 6 heteroatoms. The summed E-state index contributed by atoms with van der Waals surface area (Å²) in [5.74, 6) is 0.289. The van der Waals surface area contributed by atoms with E-state index < -0.39 is 0 Å². The predicted octanol–water partition coefficient (Wildman–Crippen LogP) is 1.27. The number of fused-ring (bicyclic) bond motifs is 1. The van der Waals surface area contributed by atoms with Crippen LogP contribution in [-0.4, -0.2) is 28.6 Å². The molecule has 1 aliphatic heterocycles. The van der Waals surface area contributed by atoms with Gasteiger partial charge in [-0.15, -0.1) is 0 Å². The highest BCUT2D eigenvalue weighted by atomic mass is 16.5. The quantitative estimate of drug-likeness (QED) is 0.887. The average molecular weight is 284 g/mol. The van der Waals surface area contributed by atoms with Crippen LogP contribution in [0.15, 0.2) is 22.7 Å². The summed E-state index contributed by atoms with van der Waals surface area (Å²) in [6.45, 7) is 1.79. The van der Waals surface area contributed by atoms with Gasteiger partial charge in [0.2, 0.25) is 0 Å². The van der Waals surface area contributed by atoms with Crippen molar-refractivity contribution in [2.75, 3.05) is 6.54 Å². The molecule has 2 N–H and O–H groups in total. The molecule has 1 aromatic carbocycles. The number of hydrogen-bond donors (Lipinski definition) is 2. The Labute approximate surface area is 121 Å². The van der Waals surface area contributed by atoms with E-state index in [1.165, 1.54) is 11.1 Å². The van der Waals surface area contributed by atoms with Gasteiger partial charge < -0.3 is 15.2 Å². The number of aromatic nitrogens is 2. The Hall–Kier alpha value is -2.21. The lowest BCUT2D eigenvalue weighted by molar-refractivity contribution is 0.0937. The van der Waals surface area contributed by atoms with E-state index in [4.69, 9.17) is 4.52 Å². The lowest BCUT2D eigenvalue weighted by Crippen LogP contribution is -2.26. The van der Waals surface area contributed by atoms with Gasteiger partial charge in [-0.05, 0) is 43.0 Å². The van der Waals surface area contributed by atoms with E-state index in [0.717, 1.165) is 37.9 Å². The summed E-state index contributed by atoms with van der Waals surface area (Å²) in [7, 11) is 0. The van der Waals surface area contributed by atoms with Crippen LogP contribution < -0.4 is 10.6 Å². The van der Waals surface area contributed by atoms with Gasteiger partial charge in [-0.3, -0.25) is 4.79 Å². The topological polar surface area (TPSA) is 80.0 Å². The second kappa shape index (κ2) is 4.96. The van der Waals surface area contributed by atoms with Gasteiger partial charge in [-0.2, -0.15) is 4.98 Å². The largest absolute Gasteiger partial charge is 0.346 e. The minimum Gasteiger partial charge on any atom is -0.346 e. The van der Waals surface area contributed by atoms with E-state index in [1.54, 1.807) is 0 Å². The molecule has 4 rings (SSSR count). The summed E-state index contributed by atoms with van der Waals surface area (Å²) < 4.78 is 5.30. The third-order valence-electron chi connectivity index (χ3n) is 3.91. The summed E-state index contributed by atoms with van der Waals surface area (Å²) in [5.41, 5.74) is 3.42. The van der Waals surface area contributed by atoms with Gasteiger partial charge in [0, 0.05) is 18.2 Å². The number of benzene rings is 1. The minimum absolute atomic E-state index is 0.114. The first-order valence-corrected chi connectivity index (χ1v) is 7.28. The Kier molecular flexibility index (Phi) is 2.96. The first-order valence-electron chi connectivity index (χ1n) is 7.28. The number of carbonyl (C=O) groups is 1. The zero-order chi connectivity index (χ0) is 14.2. The van der Waals surface area contributed by atoms with Crippen molar-refractivity contribution in [1.29, 1.82) is 0 Å². The third-order valence-corrected chi connectivity index (χ3v) is 3.91. The number of carbonyl (C=O) groups excluding carboxylic acids is 1. The van der Waals surface area contributed by atoms with Gasteiger partial charge in [0.15, 0.2) is 0 Å². The Morgan fingerprint density at radius 1 is 1.38 bits per heavy atom. The molecule has 1 fully saturated rings. The molecule has 0 saturated heterocycles. The normalized spacial score (nSPS) is 17.3. The molecule has 1 aliphatic carbocycles. The van der Waals surface area contributed by atoms with Crippen LogP contribution in [0.1, 0.15) is 34.6 Å². The fraction of sp³-hybridized carbons (Fsp3) is 0.400. The average Bonchev–Trinajstić information content (AvgIpc) is 3.19. The maximum Gasteiger partial charge on any atom is 0.292 e. The van der Waals surface area contributed by atoms with Crippen LogP contribution in [0.2, 0.25) is 0 Å². The van der Waals surface area contributed by atoms with Gasteiger partial charge in [-0.25, -0.2) is 0 Å². The fourth-order valence-electron chi connectivity index (χ4n) is 2.64. The first-order chi connectivity index (χ1) is 10.3. The molecule has 1 saturated carbocycles. The molecule has 0 atom stereocenters. The fourth-order valence-corrected chi connectivity index (χ4v) is 2.64. The van der Waals surface area contributed by atoms with Crippen molar-refractivity contribution in [3.8, 4) is 11.5 Å². The summed E-state index contributed by atoms with van der Waals surface area (Å²) >= 11 is 0. The Bertz CT molecular complexity index is 691. The Balaban J connectivity index is 1.64. The highest BCUT2D eigenvalue weighted by Gasteiger charge is 2.26. The van der Waals surface area contributed by atoms with Crippen molar-refractivity contribution in [2.45, 2.75) is 31.8 Å². The molecular weight excluding hydrogens is 268 g/mol. The molecule has 6 nitrogen and oxygen atoms in total. The molecule has 0 radical (unpaired) electrons. The van der Waals surface area contributed by atoms with Gasteiger partial charge >= 0.3 is 0 Å². The van der Waals surface area contributed by atoms with E-state index in [2.05, 4.69) is 26.8 Å². The molecule has 1 aromatic heterocycles. The van der Waals surface area contributed by atoms with E-state index in [1.807, 2.05) is 12.1 Å². The van der Waals surface area contributed by atoms with Crippen molar-refractivity contribution in [3.63, 3.8) is 0 Å². The standard InChI is InChI=1S/C15H16N4O2/c20-14(17-10-4-5-10)13-18-15(21-19-13)12-3-1-2-9-8-16-7-6-11(9)12/h1-3,10,16H,4-8H2,(H,17,20). The van der Waals surface area contributed by atoms with E-state index in [9.17, 15) is 4.79 Å². The van der Waals surface area contributed by atoms with Crippen LogP contribution >= 0.6 is 0 Å². The maximum absolute atomic E-state index is 11.9. The monoisotopic (exact) mass is 284 g/mol. The molecule has 2 heterocycles. The van der Waals surface area contributed by atoms with Crippen molar-refractivity contribution in [2.24, 2.45) is 0 Å². The molecular formula is C15H16N4O2. The Morgan fingerprint density at radius 2 is 2.29 bits per heavy atom. The van der Waals surface area contributed by atoms with Crippen molar-refractivity contribution < 1.29 is 9.32 Å². The van der Waals surface area contributed by atoms with Gasteiger partial charge in [0.05, 0.1) is 0 Å². The number of amides is 1. The van der Waals surface area contributed by atoms with Crippen LogP contribution in [0, 0.1) is 0 Å². The smallest absolute Gasteiger partial charge is 0.292 e. The van der Waals surface area contributed by atoms with E-state index >= 15 is 0 Å². The van der Waals surface area contributed by atoms with Crippen molar-refractivity contribution in [1.82, 2.24) is 20.8 Å². The van der Waals surface area contributed by atoms with Crippen LogP contribution in [0.25, 0.3) is 11.5 Å². The van der Waals surface area contributed by atoms with Crippen LogP contribution in [0.4, 0.5) is 0 Å². The zero-order valence-corrected chi connectivity index (χ0v) is 11.6. The number of nitrogens with one attached hydrogen (secondary N) is 2. The number of hydrogen-bond acceptors (Lipinski definition) is 5. The predicted molar refractivity (Wildman–Crippen MR) is 75.6 cm³/mol. The molecule has 108 valence electrons. The summed E-state index contributed by atoms with van der Waals surface area (Å²) in [6.07, 6.45) is 3.00. The lowest BCUT2D eigenvalue weighted by Gasteiger charge is -2.18. The van der Waals surface area contributed by atoms with Gasteiger partial charge in [0.1, 0.15) is 0 Å².